The quantitative estimate of drug-likeness (QED) is 0.593. The number of hydrazine groups is 1. The van der Waals surface area contributed by atoms with Crippen LogP contribution >= 0.6 is 27.7 Å². The van der Waals surface area contributed by atoms with Crippen LogP contribution in [0.5, 0.6) is 0 Å². The van der Waals surface area contributed by atoms with E-state index in [-0.39, 0.29) is 11.9 Å². The van der Waals surface area contributed by atoms with Gasteiger partial charge in [0.05, 0.1) is 4.47 Å². The van der Waals surface area contributed by atoms with E-state index >= 15 is 0 Å². The third kappa shape index (κ3) is 5.26. The molecule has 18 heavy (non-hydrogen) atoms. The second-order valence-corrected chi connectivity index (χ2v) is 6.58. The Hall–Kier alpha value is -0.100. The number of hydrogen-bond acceptors (Lipinski definition) is 3. The lowest BCUT2D eigenvalue weighted by Crippen LogP contribution is -2.39. The van der Waals surface area contributed by atoms with Gasteiger partial charge in [0.1, 0.15) is 5.82 Å². The first-order chi connectivity index (χ1) is 8.54. The van der Waals surface area contributed by atoms with E-state index < -0.39 is 0 Å². The maximum absolute atomic E-state index is 13.4. The Morgan fingerprint density at radius 2 is 2.11 bits per heavy atom. The van der Waals surface area contributed by atoms with Crippen molar-refractivity contribution in [2.24, 2.45) is 11.8 Å². The Morgan fingerprint density at radius 1 is 1.39 bits per heavy atom. The number of halogens is 2. The minimum Gasteiger partial charge on any atom is -0.271 e. The number of hydrogen-bond donors (Lipinski definition) is 2. The van der Waals surface area contributed by atoms with Gasteiger partial charge in [0.2, 0.25) is 0 Å². The van der Waals surface area contributed by atoms with E-state index in [9.17, 15) is 4.39 Å². The molecule has 1 aromatic rings. The first-order valence-corrected chi connectivity index (χ1v) is 7.96. The van der Waals surface area contributed by atoms with Crippen LogP contribution in [0.3, 0.4) is 0 Å². The summed E-state index contributed by atoms with van der Waals surface area (Å²) in [4.78, 5) is 0. The minimum atomic E-state index is -0.224. The predicted molar refractivity (Wildman–Crippen MR) is 81.1 cm³/mol. The third-order valence-corrected chi connectivity index (χ3v) is 4.93. The van der Waals surface area contributed by atoms with Crippen molar-refractivity contribution < 1.29 is 4.39 Å². The van der Waals surface area contributed by atoms with E-state index in [1.54, 1.807) is 6.07 Å². The highest BCUT2D eigenvalue weighted by atomic mass is 79.9. The molecule has 102 valence electrons. The van der Waals surface area contributed by atoms with Crippen LogP contribution in [0.1, 0.15) is 19.4 Å². The zero-order chi connectivity index (χ0) is 13.5. The lowest BCUT2D eigenvalue weighted by molar-refractivity contribution is 0.567. The van der Waals surface area contributed by atoms with Gasteiger partial charge in [-0.05, 0) is 45.7 Å². The molecule has 1 aromatic carbocycles. The molecule has 0 spiro atoms. The van der Waals surface area contributed by atoms with E-state index in [1.807, 2.05) is 17.8 Å². The molecule has 0 heterocycles. The topological polar surface area (TPSA) is 38.0 Å². The van der Waals surface area contributed by atoms with Crippen molar-refractivity contribution in [1.29, 1.82) is 0 Å². The van der Waals surface area contributed by atoms with Gasteiger partial charge in [0.25, 0.3) is 0 Å². The van der Waals surface area contributed by atoms with Crippen molar-refractivity contribution in [3.8, 4) is 0 Å². The van der Waals surface area contributed by atoms with Gasteiger partial charge in [-0.1, -0.05) is 26.0 Å². The zero-order valence-electron chi connectivity index (χ0n) is 10.7. The Bertz CT molecular complexity index is 374. The maximum atomic E-state index is 13.4. The van der Waals surface area contributed by atoms with E-state index in [0.29, 0.717) is 10.4 Å². The van der Waals surface area contributed by atoms with Crippen molar-refractivity contribution >= 4 is 27.7 Å². The Morgan fingerprint density at radius 3 is 2.72 bits per heavy atom. The van der Waals surface area contributed by atoms with Crippen LogP contribution in [0.4, 0.5) is 4.39 Å². The number of nitrogens with two attached hydrogens (primary N) is 1. The Balaban J connectivity index is 2.54. The fourth-order valence-electron chi connectivity index (χ4n) is 1.58. The van der Waals surface area contributed by atoms with E-state index in [1.165, 1.54) is 6.07 Å². The third-order valence-electron chi connectivity index (χ3n) is 2.50. The summed E-state index contributed by atoms with van der Waals surface area (Å²) < 4.78 is 13.9. The zero-order valence-corrected chi connectivity index (χ0v) is 13.2. The van der Waals surface area contributed by atoms with Crippen LogP contribution in [0.15, 0.2) is 22.7 Å². The molecule has 0 fully saturated rings. The molecule has 0 saturated carbocycles. The smallest absolute Gasteiger partial charge is 0.137 e. The Labute approximate surface area is 121 Å². The number of nitrogens with one attached hydrogen (secondary N) is 1. The first kappa shape index (κ1) is 16.0. The van der Waals surface area contributed by atoms with Crippen molar-refractivity contribution in [2.75, 3.05) is 11.5 Å². The molecule has 5 heteroatoms. The molecule has 1 rings (SSSR count). The molecule has 0 saturated heterocycles. The molecule has 0 aromatic heterocycles. The molecule has 1 unspecified atom stereocenters. The van der Waals surface area contributed by atoms with Gasteiger partial charge < -0.3 is 0 Å². The average Bonchev–Trinajstić information content (AvgIpc) is 2.33. The van der Waals surface area contributed by atoms with Gasteiger partial charge in [0, 0.05) is 11.8 Å². The molecule has 0 radical (unpaired) electrons. The van der Waals surface area contributed by atoms with E-state index in [0.717, 1.165) is 23.5 Å². The molecule has 0 aliphatic heterocycles. The highest BCUT2D eigenvalue weighted by Crippen LogP contribution is 2.22. The van der Waals surface area contributed by atoms with Crippen LogP contribution < -0.4 is 11.3 Å². The van der Waals surface area contributed by atoms with Gasteiger partial charge in [0.15, 0.2) is 0 Å². The van der Waals surface area contributed by atoms with Crippen LogP contribution in [0, 0.1) is 11.7 Å². The van der Waals surface area contributed by atoms with Gasteiger partial charge in [-0.15, -0.1) is 0 Å². The predicted octanol–water partition coefficient (Wildman–Crippen LogP) is 3.35. The molecule has 3 N–H and O–H groups in total. The van der Waals surface area contributed by atoms with Gasteiger partial charge >= 0.3 is 0 Å². The fraction of sp³-hybridized carbons (Fsp3) is 0.538. The summed E-state index contributed by atoms with van der Waals surface area (Å²) in [6, 6.07) is 5.26. The highest BCUT2D eigenvalue weighted by molar-refractivity contribution is 9.10. The van der Waals surface area contributed by atoms with Crippen molar-refractivity contribution in [2.45, 2.75) is 26.3 Å². The van der Waals surface area contributed by atoms with E-state index in [4.69, 9.17) is 5.84 Å². The Kier molecular flexibility index (Phi) is 7.22. The molecule has 0 bridgehead atoms. The standard InChI is InChI=1S/C13H20BrFN2S/c1-9(2)7-18-8-11(17-16)6-10-4-3-5-12(15)13(10)14/h3-5,9,11,17H,6-8,16H2,1-2H3. The van der Waals surface area contributed by atoms with Crippen LogP contribution in [0.25, 0.3) is 0 Å². The summed E-state index contributed by atoms with van der Waals surface area (Å²) in [6.07, 6.45) is 0.722. The SMILES string of the molecule is CC(C)CSCC(Cc1cccc(F)c1Br)NN. The summed E-state index contributed by atoms with van der Waals surface area (Å²) in [5, 5.41) is 0. The van der Waals surface area contributed by atoms with Gasteiger partial charge in [-0.25, -0.2) is 4.39 Å². The molecule has 2 nitrogen and oxygen atoms in total. The number of thioether (sulfide) groups is 1. The van der Waals surface area contributed by atoms with Crippen LogP contribution in [-0.4, -0.2) is 17.5 Å². The van der Waals surface area contributed by atoms with Crippen LogP contribution in [0.2, 0.25) is 0 Å². The summed E-state index contributed by atoms with van der Waals surface area (Å²) >= 11 is 5.15. The molecular formula is C13H20BrFN2S. The minimum absolute atomic E-state index is 0.159. The lowest BCUT2D eigenvalue weighted by atomic mass is 10.1. The lowest BCUT2D eigenvalue weighted by Gasteiger charge is -2.17. The maximum Gasteiger partial charge on any atom is 0.137 e. The molecule has 0 aliphatic carbocycles. The van der Waals surface area contributed by atoms with Gasteiger partial charge in [-0.3, -0.25) is 11.3 Å². The van der Waals surface area contributed by atoms with Crippen molar-refractivity contribution in [3.05, 3.63) is 34.1 Å². The van der Waals surface area contributed by atoms with Crippen molar-refractivity contribution in [1.82, 2.24) is 5.43 Å². The molecule has 1 atom stereocenters. The molecule has 0 aliphatic rings. The first-order valence-electron chi connectivity index (χ1n) is 6.01. The van der Waals surface area contributed by atoms with Crippen molar-refractivity contribution in [3.63, 3.8) is 0 Å². The molecule has 0 amide bonds. The fourth-order valence-corrected chi connectivity index (χ4v) is 3.12. The number of benzene rings is 1. The molecular weight excluding hydrogens is 315 g/mol. The van der Waals surface area contributed by atoms with E-state index in [2.05, 4.69) is 35.2 Å². The summed E-state index contributed by atoms with van der Waals surface area (Å²) in [6.45, 7) is 4.39. The summed E-state index contributed by atoms with van der Waals surface area (Å²) in [5.74, 6) is 8.05. The monoisotopic (exact) mass is 334 g/mol. The second-order valence-electron chi connectivity index (χ2n) is 4.71. The normalized spacial score (nSPS) is 13.0. The summed E-state index contributed by atoms with van der Waals surface area (Å²) in [5.41, 5.74) is 3.75. The average molecular weight is 335 g/mol. The second kappa shape index (κ2) is 8.15. The van der Waals surface area contributed by atoms with Gasteiger partial charge in [-0.2, -0.15) is 11.8 Å². The number of rotatable bonds is 7. The highest BCUT2D eigenvalue weighted by Gasteiger charge is 2.12. The largest absolute Gasteiger partial charge is 0.271 e. The summed E-state index contributed by atoms with van der Waals surface area (Å²) in [7, 11) is 0. The van der Waals surface area contributed by atoms with Crippen LogP contribution in [-0.2, 0) is 6.42 Å².